The van der Waals surface area contributed by atoms with Gasteiger partial charge < -0.3 is 19.5 Å². The molecule has 0 spiro atoms. The van der Waals surface area contributed by atoms with Crippen LogP contribution in [0.15, 0.2) is 42.5 Å². The first kappa shape index (κ1) is 15.3. The number of fused-ring (bicyclic) bond motifs is 2. The van der Waals surface area contributed by atoms with Gasteiger partial charge in [0.15, 0.2) is 23.9 Å². The van der Waals surface area contributed by atoms with Crippen LogP contribution in [-0.4, -0.2) is 31.5 Å². The predicted octanol–water partition coefficient (Wildman–Crippen LogP) is 2.68. The number of hydrogen-bond acceptors (Lipinski definition) is 5. The van der Waals surface area contributed by atoms with Crippen LogP contribution in [0.4, 0.5) is 5.69 Å². The molecule has 0 unspecified atom stereocenters. The molecule has 0 aromatic heterocycles. The van der Waals surface area contributed by atoms with Crippen molar-refractivity contribution in [2.24, 2.45) is 0 Å². The third-order valence-corrected chi connectivity index (χ3v) is 3.89. The van der Waals surface area contributed by atoms with Crippen molar-refractivity contribution in [3.05, 3.63) is 53.6 Å². The number of carbonyl (C=O) groups is 2. The van der Waals surface area contributed by atoms with E-state index in [1.807, 2.05) is 18.2 Å². The Bertz CT molecular complexity index is 887. The molecule has 0 aliphatic carbocycles. The molecule has 0 fully saturated rings. The summed E-state index contributed by atoms with van der Waals surface area (Å²) >= 11 is 0. The predicted molar refractivity (Wildman–Crippen MR) is 91.4 cm³/mol. The third kappa shape index (κ3) is 3.19. The lowest BCUT2D eigenvalue weighted by atomic mass is 10.1. The van der Waals surface area contributed by atoms with E-state index in [-0.39, 0.29) is 18.3 Å². The maximum absolute atomic E-state index is 12.4. The summed E-state index contributed by atoms with van der Waals surface area (Å²) in [6.45, 7) is 1.05. The second-order valence-corrected chi connectivity index (χ2v) is 5.65. The molecule has 4 rings (SSSR count). The summed E-state index contributed by atoms with van der Waals surface area (Å²) in [7, 11) is 0. The van der Waals surface area contributed by atoms with E-state index >= 15 is 0 Å². The number of nitrogens with one attached hydrogen (secondary N) is 1. The smallest absolute Gasteiger partial charge is 0.262 e. The molecule has 2 heterocycles. The Morgan fingerprint density at radius 3 is 2.64 bits per heavy atom. The van der Waals surface area contributed by atoms with Crippen LogP contribution in [-0.2, 0) is 4.79 Å². The fourth-order valence-corrected chi connectivity index (χ4v) is 2.67. The lowest BCUT2D eigenvalue weighted by molar-refractivity contribution is -0.118. The van der Waals surface area contributed by atoms with E-state index in [0.717, 1.165) is 5.56 Å². The standard InChI is InChI=1S/C19H15NO5/c21-15(13-3-6-16-14(10-13)20-19(22)11-25-16)4-1-12-2-5-17-18(9-12)24-8-7-23-17/h1-6,9-10H,7-8,11H2,(H,20,22)/b4-1+. The van der Waals surface area contributed by atoms with E-state index in [1.54, 1.807) is 24.3 Å². The van der Waals surface area contributed by atoms with Crippen LogP contribution < -0.4 is 19.5 Å². The number of ether oxygens (including phenoxy) is 3. The summed E-state index contributed by atoms with van der Waals surface area (Å²) in [5.74, 6) is 1.54. The summed E-state index contributed by atoms with van der Waals surface area (Å²) in [6.07, 6.45) is 3.20. The zero-order valence-corrected chi connectivity index (χ0v) is 13.3. The number of hydrogen-bond donors (Lipinski definition) is 1. The Morgan fingerprint density at radius 1 is 0.960 bits per heavy atom. The monoisotopic (exact) mass is 337 g/mol. The maximum Gasteiger partial charge on any atom is 0.262 e. The molecule has 0 saturated carbocycles. The molecular weight excluding hydrogens is 322 g/mol. The molecule has 25 heavy (non-hydrogen) atoms. The van der Waals surface area contributed by atoms with Crippen molar-refractivity contribution >= 4 is 23.5 Å². The van der Waals surface area contributed by atoms with Crippen LogP contribution in [0.25, 0.3) is 6.08 Å². The summed E-state index contributed by atoms with van der Waals surface area (Å²) in [5, 5.41) is 2.69. The molecule has 0 atom stereocenters. The molecule has 126 valence electrons. The van der Waals surface area contributed by atoms with Gasteiger partial charge in [0.1, 0.15) is 19.0 Å². The Labute approximate surface area is 144 Å². The molecule has 0 bridgehead atoms. The molecule has 2 aromatic rings. The van der Waals surface area contributed by atoms with Crippen molar-refractivity contribution in [1.82, 2.24) is 0 Å². The van der Waals surface area contributed by atoms with Crippen molar-refractivity contribution in [3.63, 3.8) is 0 Å². The minimum atomic E-state index is -0.232. The van der Waals surface area contributed by atoms with Gasteiger partial charge in [0.05, 0.1) is 5.69 Å². The van der Waals surface area contributed by atoms with E-state index in [2.05, 4.69) is 5.32 Å². The summed E-state index contributed by atoms with van der Waals surface area (Å²) in [4.78, 5) is 23.8. The maximum atomic E-state index is 12.4. The van der Waals surface area contributed by atoms with Gasteiger partial charge in [-0.3, -0.25) is 9.59 Å². The van der Waals surface area contributed by atoms with Crippen LogP contribution in [0.3, 0.4) is 0 Å². The number of anilines is 1. The zero-order chi connectivity index (χ0) is 17.2. The van der Waals surface area contributed by atoms with Crippen LogP contribution in [0.2, 0.25) is 0 Å². The topological polar surface area (TPSA) is 73.9 Å². The first-order valence-corrected chi connectivity index (χ1v) is 7.88. The minimum Gasteiger partial charge on any atom is -0.486 e. The Hall–Kier alpha value is -3.28. The second-order valence-electron chi connectivity index (χ2n) is 5.65. The van der Waals surface area contributed by atoms with Gasteiger partial charge in [-0.15, -0.1) is 0 Å². The molecule has 0 saturated heterocycles. The number of ketones is 1. The quantitative estimate of drug-likeness (QED) is 0.688. The number of rotatable bonds is 3. The van der Waals surface area contributed by atoms with Gasteiger partial charge in [-0.05, 0) is 42.0 Å². The molecular formula is C19H15NO5. The first-order chi connectivity index (χ1) is 12.2. The van der Waals surface area contributed by atoms with E-state index in [1.165, 1.54) is 6.08 Å². The highest BCUT2D eigenvalue weighted by atomic mass is 16.6. The number of benzene rings is 2. The van der Waals surface area contributed by atoms with Gasteiger partial charge in [0, 0.05) is 5.56 Å². The molecule has 2 aliphatic heterocycles. The van der Waals surface area contributed by atoms with Gasteiger partial charge in [-0.1, -0.05) is 12.1 Å². The normalized spacial score (nSPS) is 15.3. The van der Waals surface area contributed by atoms with Crippen molar-refractivity contribution in [2.75, 3.05) is 25.1 Å². The Kier molecular flexibility index (Phi) is 3.85. The summed E-state index contributed by atoms with van der Waals surface area (Å²) < 4.78 is 16.3. The van der Waals surface area contributed by atoms with Crippen molar-refractivity contribution < 1.29 is 23.8 Å². The molecule has 2 aliphatic rings. The van der Waals surface area contributed by atoms with Gasteiger partial charge >= 0.3 is 0 Å². The fraction of sp³-hybridized carbons (Fsp3) is 0.158. The Balaban J connectivity index is 1.53. The first-order valence-electron chi connectivity index (χ1n) is 7.88. The van der Waals surface area contributed by atoms with E-state index in [0.29, 0.717) is 41.7 Å². The van der Waals surface area contributed by atoms with Crippen molar-refractivity contribution in [1.29, 1.82) is 0 Å². The zero-order valence-electron chi connectivity index (χ0n) is 13.3. The van der Waals surface area contributed by atoms with Crippen LogP contribution in [0.1, 0.15) is 15.9 Å². The van der Waals surface area contributed by atoms with Crippen molar-refractivity contribution in [2.45, 2.75) is 0 Å². The average Bonchev–Trinajstić information content (AvgIpc) is 2.65. The summed E-state index contributed by atoms with van der Waals surface area (Å²) in [5.41, 5.74) is 1.82. The molecule has 1 N–H and O–H groups in total. The van der Waals surface area contributed by atoms with E-state index in [4.69, 9.17) is 14.2 Å². The molecule has 1 amide bonds. The van der Waals surface area contributed by atoms with E-state index in [9.17, 15) is 9.59 Å². The number of amides is 1. The fourth-order valence-electron chi connectivity index (χ4n) is 2.67. The van der Waals surface area contributed by atoms with Crippen LogP contribution in [0.5, 0.6) is 17.2 Å². The third-order valence-electron chi connectivity index (χ3n) is 3.89. The highest BCUT2D eigenvalue weighted by molar-refractivity contribution is 6.08. The van der Waals surface area contributed by atoms with Gasteiger partial charge in [-0.2, -0.15) is 0 Å². The lowest BCUT2D eigenvalue weighted by Crippen LogP contribution is -2.25. The molecule has 2 aromatic carbocycles. The average molecular weight is 337 g/mol. The lowest BCUT2D eigenvalue weighted by Gasteiger charge is -2.18. The molecule has 0 radical (unpaired) electrons. The largest absolute Gasteiger partial charge is 0.486 e. The number of carbonyl (C=O) groups excluding carboxylic acids is 2. The highest BCUT2D eigenvalue weighted by Crippen LogP contribution is 2.31. The van der Waals surface area contributed by atoms with Crippen LogP contribution >= 0.6 is 0 Å². The highest BCUT2D eigenvalue weighted by Gasteiger charge is 2.17. The van der Waals surface area contributed by atoms with Crippen molar-refractivity contribution in [3.8, 4) is 17.2 Å². The van der Waals surface area contributed by atoms with E-state index < -0.39 is 0 Å². The molecule has 6 heteroatoms. The SMILES string of the molecule is O=C1COc2ccc(C(=O)/C=C/c3ccc4c(c3)OCCO4)cc2N1. The summed E-state index contributed by atoms with van der Waals surface area (Å²) in [6, 6.07) is 10.5. The minimum absolute atomic E-state index is 0.00961. The second kappa shape index (κ2) is 6.32. The van der Waals surface area contributed by atoms with Gasteiger partial charge in [0.2, 0.25) is 0 Å². The Morgan fingerprint density at radius 2 is 1.76 bits per heavy atom. The number of allylic oxidation sites excluding steroid dienone is 1. The van der Waals surface area contributed by atoms with Gasteiger partial charge in [0.25, 0.3) is 5.91 Å². The van der Waals surface area contributed by atoms with Gasteiger partial charge in [-0.25, -0.2) is 0 Å². The molecule has 6 nitrogen and oxygen atoms in total. The van der Waals surface area contributed by atoms with Crippen LogP contribution in [0, 0.1) is 0 Å².